The first kappa shape index (κ1) is 32.9. The molecule has 1 fully saturated rings. The zero-order valence-corrected chi connectivity index (χ0v) is 21.8. The van der Waals surface area contributed by atoms with Crippen molar-refractivity contribution >= 4 is 23.5 Å². The molecule has 1 atom stereocenters. The predicted octanol–water partition coefficient (Wildman–Crippen LogP) is 7.80. The lowest BCUT2D eigenvalue weighted by atomic mass is 9.95. The number of carbonyl (C=O) groups is 2. The first-order chi connectivity index (χ1) is 16.4. The first-order valence-electron chi connectivity index (χ1n) is 12.0. The number of nitro groups is 1. The Labute approximate surface area is 205 Å². The van der Waals surface area contributed by atoms with Crippen LogP contribution in [0.25, 0.3) is 6.08 Å². The quantitative estimate of drug-likeness (QED) is 0.101. The Bertz CT molecular complexity index is 845. The van der Waals surface area contributed by atoms with Crippen molar-refractivity contribution in [2.75, 3.05) is 0 Å². The first-order valence-corrected chi connectivity index (χ1v) is 12.0. The monoisotopic (exact) mass is 471 g/mol. The van der Waals surface area contributed by atoms with Gasteiger partial charge in [0, 0.05) is 18.6 Å². The molecule has 1 aliphatic heterocycles. The molecule has 6 nitrogen and oxygen atoms in total. The average Bonchev–Trinajstić information content (AvgIpc) is 2.83. The van der Waals surface area contributed by atoms with Crippen molar-refractivity contribution in [2.24, 2.45) is 0 Å². The molecule has 6 heteroatoms. The molecular weight excluding hydrogens is 430 g/mol. The number of non-ortho nitro benzene ring substituents is 1. The Morgan fingerprint density at radius 3 is 2.32 bits per heavy atom. The van der Waals surface area contributed by atoms with Gasteiger partial charge < -0.3 is 4.74 Å². The molecule has 188 valence electrons. The molecule has 34 heavy (non-hydrogen) atoms. The summed E-state index contributed by atoms with van der Waals surface area (Å²) in [5.74, 6) is -1.01. The van der Waals surface area contributed by atoms with Crippen molar-refractivity contribution in [1.29, 1.82) is 0 Å². The number of rotatable bonds is 7. The Morgan fingerprint density at radius 1 is 1.21 bits per heavy atom. The van der Waals surface area contributed by atoms with Crippen LogP contribution in [0.1, 0.15) is 79.7 Å². The maximum atomic E-state index is 12.4. The number of cyclic esters (lactones) is 1. The van der Waals surface area contributed by atoms with Gasteiger partial charge in [-0.2, -0.15) is 0 Å². The summed E-state index contributed by atoms with van der Waals surface area (Å²) in [5, 5.41) is 10.8. The van der Waals surface area contributed by atoms with Gasteiger partial charge in [-0.15, -0.1) is 0 Å². The third-order valence-electron chi connectivity index (χ3n) is 4.07. The van der Waals surface area contributed by atoms with Crippen LogP contribution in [0, 0.1) is 10.1 Å². The van der Waals surface area contributed by atoms with Gasteiger partial charge in [-0.3, -0.25) is 14.9 Å². The second-order valence-corrected chi connectivity index (χ2v) is 6.79. The van der Waals surface area contributed by atoms with Gasteiger partial charge in [0.2, 0.25) is 0 Å². The van der Waals surface area contributed by atoms with Crippen LogP contribution >= 0.6 is 0 Å². The lowest BCUT2D eigenvalue weighted by molar-refractivity contribution is -0.384. The summed E-state index contributed by atoms with van der Waals surface area (Å²) in [6.07, 6.45) is 10.8. The zero-order chi connectivity index (χ0) is 26.5. The SMILES string of the molecule is C=C/C=C(\C=C/C)CCC1CC(=O)/C(=C/c2cccc([N+](=O)[O-])c2)C(=O)O1.CC.CC.CCC. The van der Waals surface area contributed by atoms with Crippen LogP contribution in [-0.4, -0.2) is 22.8 Å². The third-order valence-corrected chi connectivity index (χ3v) is 4.07. The van der Waals surface area contributed by atoms with E-state index in [0.717, 1.165) is 5.57 Å². The van der Waals surface area contributed by atoms with Crippen LogP contribution in [0.15, 0.2) is 66.3 Å². The van der Waals surface area contributed by atoms with Crippen LogP contribution in [0.4, 0.5) is 5.69 Å². The van der Waals surface area contributed by atoms with Gasteiger partial charge in [0.25, 0.3) is 5.69 Å². The van der Waals surface area contributed by atoms with Crippen LogP contribution < -0.4 is 0 Å². The van der Waals surface area contributed by atoms with Gasteiger partial charge >= 0.3 is 5.97 Å². The number of ether oxygens (including phenoxy) is 1. The number of hydrogen-bond donors (Lipinski definition) is 0. The molecule has 0 radical (unpaired) electrons. The van der Waals surface area contributed by atoms with Crippen LogP contribution in [-0.2, 0) is 14.3 Å². The molecule has 1 aromatic carbocycles. The third kappa shape index (κ3) is 12.7. The standard InChI is InChI=1S/C21H21NO5.C3H8.2C2H6/c1-3-6-15(7-4-2)10-11-18-14-20(23)19(21(24)27-18)13-16-8-5-9-17(12-16)22(25)26;1-3-2;2*1-2/h3-9,12-13,18H,1,10-11,14H2,2H3;3H2,1-2H3;2*1-2H3/b7-4-,15-6+,19-13-;;;. The number of esters is 1. The van der Waals surface area contributed by atoms with Crippen molar-refractivity contribution in [1.82, 2.24) is 0 Å². The maximum Gasteiger partial charge on any atom is 0.342 e. The van der Waals surface area contributed by atoms with Crippen molar-refractivity contribution in [3.63, 3.8) is 0 Å². The molecule has 0 saturated carbocycles. The van der Waals surface area contributed by atoms with E-state index in [9.17, 15) is 19.7 Å². The van der Waals surface area contributed by atoms with E-state index in [1.807, 2.05) is 52.8 Å². The smallest absolute Gasteiger partial charge is 0.342 e. The lowest BCUT2D eigenvalue weighted by Gasteiger charge is -2.23. The van der Waals surface area contributed by atoms with Crippen molar-refractivity contribution in [3.05, 3.63) is 82.0 Å². The summed E-state index contributed by atoms with van der Waals surface area (Å²) in [5.41, 5.74) is 1.26. The van der Waals surface area contributed by atoms with Crippen molar-refractivity contribution in [3.8, 4) is 0 Å². The summed E-state index contributed by atoms with van der Waals surface area (Å²) in [6.45, 7) is 17.8. The Hall–Kier alpha value is -3.28. The topological polar surface area (TPSA) is 86.5 Å². The van der Waals surface area contributed by atoms with E-state index in [-0.39, 0.29) is 23.5 Å². The number of allylic oxidation sites excluding steroid dienone is 5. The van der Waals surface area contributed by atoms with Crippen molar-refractivity contribution in [2.45, 2.75) is 80.3 Å². The second-order valence-electron chi connectivity index (χ2n) is 6.79. The number of ketones is 1. The molecule has 0 spiro atoms. The molecule has 0 aliphatic carbocycles. The molecule has 0 bridgehead atoms. The van der Waals surface area contributed by atoms with Gasteiger partial charge in [-0.05, 0) is 37.0 Å². The van der Waals surface area contributed by atoms with E-state index < -0.39 is 17.0 Å². The molecular formula is C28H41NO5. The van der Waals surface area contributed by atoms with Gasteiger partial charge in [0.1, 0.15) is 11.7 Å². The highest BCUT2D eigenvalue weighted by atomic mass is 16.6. The summed E-state index contributed by atoms with van der Waals surface area (Å²) in [4.78, 5) is 34.9. The summed E-state index contributed by atoms with van der Waals surface area (Å²) in [6, 6.07) is 5.75. The fraction of sp³-hybridized carbons (Fsp3) is 0.429. The molecule has 0 amide bonds. The molecule has 1 aromatic rings. The molecule has 0 N–H and O–H groups in total. The van der Waals surface area contributed by atoms with E-state index in [2.05, 4.69) is 20.4 Å². The lowest BCUT2D eigenvalue weighted by Crippen LogP contribution is -2.32. The van der Waals surface area contributed by atoms with Gasteiger partial charge in [0.15, 0.2) is 5.78 Å². The Balaban J connectivity index is 0. The summed E-state index contributed by atoms with van der Waals surface area (Å²) >= 11 is 0. The van der Waals surface area contributed by atoms with E-state index in [1.54, 1.807) is 12.1 Å². The Kier molecular flexibility index (Phi) is 19.7. The zero-order valence-electron chi connectivity index (χ0n) is 21.8. The highest BCUT2D eigenvalue weighted by Gasteiger charge is 2.31. The van der Waals surface area contributed by atoms with Gasteiger partial charge in [-0.25, -0.2) is 4.79 Å². The average molecular weight is 472 g/mol. The van der Waals surface area contributed by atoms with Crippen LogP contribution in [0.2, 0.25) is 0 Å². The minimum Gasteiger partial charge on any atom is -0.458 e. The maximum absolute atomic E-state index is 12.4. The molecule has 0 aromatic heterocycles. The van der Waals surface area contributed by atoms with Crippen molar-refractivity contribution < 1.29 is 19.2 Å². The highest BCUT2D eigenvalue weighted by Crippen LogP contribution is 2.24. The molecule has 1 unspecified atom stereocenters. The fourth-order valence-electron chi connectivity index (χ4n) is 2.80. The van der Waals surface area contributed by atoms with E-state index in [1.165, 1.54) is 30.7 Å². The largest absolute Gasteiger partial charge is 0.458 e. The highest BCUT2D eigenvalue weighted by molar-refractivity contribution is 6.22. The van der Waals surface area contributed by atoms with Gasteiger partial charge in [0.05, 0.1) is 4.92 Å². The minimum atomic E-state index is -0.692. The fourth-order valence-corrected chi connectivity index (χ4v) is 2.80. The van der Waals surface area contributed by atoms with Gasteiger partial charge in [-0.1, -0.05) is 91.0 Å². The van der Waals surface area contributed by atoms with E-state index >= 15 is 0 Å². The molecule has 1 heterocycles. The number of hydrogen-bond acceptors (Lipinski definition) is 5. The van der Waals surface area contributed by atoms with Crippen LogP contribution in [0.3, 0.4) is 0 Å². The number of nitro benzene ring substituents is 1. The number of carbonyl (C=O) groups excluding carboxylic acids is 2. The second kappa shape index (κ2) is 20.3. The molecule has 2 rings (SSSR count). The van der Waals surface area contributed by atoms with E-state index in [0.29, 0.717) is 18.4 Å². The summed E-state index contributed by atoms with van der Waals surface area (Å²) in [7, 11) is 0. The molecule has 1 aliphatic rings. The number of Topliss-reactive ketones (excluding diaryl/α,β-unsaturated/α-hetero) is 1. The summed E-state index contributed by atoms with van der Waals surface area (Å²) < 4.78 is 5.39. The number of nitrogens with zero attached hydrogens (tertiary/aromatic N) is 1. The Morgan fingerprint density at radius 2 is 1.82 bits per heavy atom. The predicted molar refractivity (Wildman–Crippen MR) is 142 cm³/mol. The minimum absolute atomic E-state index is 0.0814. The normalized spacial score (nSPS) is 16.3. The molecule has 1 saturated heterocycles. The van der Waals surface area contributed by atoms with Crippen LogP contribution in [0.5, 0.6) is 0 Å². The number of benzene rings is 1. The van der Waals surface area contributed by atoms with E-state index in [4.69, 9.17) is 4.74 Å².